The highest BCUT2D eigenvalue weighted by atomic mass is 33.1. The lowest BCUT2D eigenvalue weighted by Gasteiger charge is -2.30. The minimum Gasteiger partial charge on any atom is -0.480 e. The summed E-state index contributed by atoms with van der Waals surface area (Å²) >= 11 is 0. The molecular formula is C37H47N5O8S2. The molecule has 1 fully saturated rings. The van der Waals surface area contributed by atoms with Gasteiger partial charge in [0, 0.05) is 53.9 Å². The Kier molecular flexibility index (Phi) is 14.2. The number of H-pyrrole nitrogens is 1. The van der Waals surface area contributed by atoms with Gasteiger partial charge in [0.25, 0.3) is 5.91 Å². The van der Waals surface area contributed by atoms with Crippen LogP contribution < -0.4 is 16.0 Å². The Morgan fingerprint density at radius 1 is 0.942 bits per heavy atom. The number of likely N-dealkylation sites (tertiary alicyclic amines) is 1. The second-order valence-corrected chi connectivity index (χ2v) is 16.9. The molecule has 280 valence electrons. The lowest BCUT2D eigenvalue weighted by molar-refractivity contribution is -0.163. The molecule has 1 aliphatic rings. The smallest absolute Gasteiger partial charge is 0.329 e. The third-order valence-corrected chi connectivity index (χ3v) is 11.7. The largest absolute Gasteiger partial charge is 0.480 e. The predicted octanol–water partition coefficient (Wildman–Crippen LogP) is 3.61. The van der Waals surface area contributed by atoms with Gasteiger partial charge in [-0.05, 0) is 37.0 Å². The van der Waals surface area contributed by atoms with Crippen LogP contribution >= 0.6 is 21.6 Å². The van der Waals surface area contributed by atoms with Crippen LogP contribution in [0.4, 0.5) is 0 Å². The summed E-state index contributed by atoms with van der Waals surface area (Å²) in [4.78, 5) is 83.3. The summed E-state index contributed by atoms with van der Waals surface area (Å²) in [6.07, 6.45) is 1.35. The van der Waals surface area contributed by atoms with Crippen LogP contribution in [-0.4, -0.2) is 97.9 Å². The van der Waals surface area contributed by atoms with Crippen LogP contribution in [-0.2, 0) is 46.3 Å². The first-order chi connectivity index (χ1) is 24.6. The van der Waals surface area contributed by atoms with E-state index in [4.69, 9.17) is 4.74 Å². The van der Waals surface area contributed by atoms with E-state index in [0.29, 0.717) is 12.0 Å². The fraction of sp³-hybridized carbons (Fsp3) is 0.459. The van der Waals surface area contributed by atoms with Crippen molar-refractivity contribution in [3.05, 3.63) is 71.9 Å². The SMILES string of the molecule is CC(=O)NC(Cc1c[nH]c2ccccc12)C(=O)NC(CSSC(C)(C)C)C(=O)N1CCC[C@H]1C(=O)OC(Cc1ccccc1)C(=O)NC(C)C(=O)O. The number of rotatable bonds is 16. The quantitative estimate of drug-likeness (QED) is 0.107. The molecule has 1 saturated heterocycles. The summed E-state index contributed by atoms with van der Waals surface area (Å²) < 4.78 is 5.59. The van der Waals surface area contributed by atoms with E-state index in [0.717, 1.165) is 16.5 Å². The maximum absolute atomic E-state index is 14.3. The van der Waals surface area contributed by atoms with Gasteiger partial charge in [0.2, 0.25) is 17.7 Å². The van der Waals surface area contributed by atoms with Gasteiger partial charge in [-0.2, -0.15) is 0 Å². The third kappa shape index (κ3) is 11.5. The number of hydrogen-bond donors (Lipinski definition) is 5. The van der Waals surface area contributed by atoms with E-state index < -0.39 is 65.8 Å². The van der Waals surface area contributed by atoms with Crippen molar-refractivity contribution in [2.24, 2.45) is 0 Å². The van der Waals surface area contributed by atoms with Crippen LogP contribution in [0.2, 0.25) is 0 Å². The van der Waals surface area contributed by atoms with Crippen molar-refractivity contribution in [3.8, 4) is 0 Å². The van der Waals surface area contributed by atoms with Gasteiger partial charge in [-0.25, -0.2) is 4.79 Å². The van der Waals surface area contributed by atoms with E-state index in [9.17, 15) is 33.9 Å². The normalized spacial score (nSPS) is 16.7. The van der Waals surface area contributed by atoms with Crippen LogP contribution in [0.5, 0.6) is 0 Å². The van der Waals surface area contributed by atoms with Crippen molar-refractivity contribution >= 4 is 68.1 Å². The first-order valence-corrected chi connectivity index (χ1v) is 19.5. The number of aromatic amines is 1. The van der Waals surface area contributed by atoms with Gasteiger partial charge in [-0.15, -0.1) is 0 Å². The molecule has 5 N–H and O–H groups in total. The molecule has 13 nitrogen and oxygen atoms in total. The number of carboxylic acids is 1. The second-order valence-electron chi connectivity index (χ2n) is 13.7. The monoisotopic (exact) mass is 753 g/mol. The first kappa shape index (κ1) is 40.3. The van der Waals surface area contributed by atoms with Gasteiger partial charge in [0.05, 0.1) is 0 Å². The molecule has 3 aromatic rings. The van der Waals surface area contributed by atoms with Crippen LogP contribution in [0, 0.1) is 0 Å². The van der Waals surface area contributed by atoms with Crippen LogP contribution in [0.25, 0.3) is 10.9 Å². The van der Waals surface area contributed by atoms with E-state index in [1.807, 2.05) is 45.0 Å². The summed E-state index contributed by atoms with van der Waals surface area (Å²) in [6.45, 7) is 8.93. The number of carbonyl (C=O) groups is 6. The van der Waals surface area contributed by atoms with E-state index in [-0.39, 0.29) is 36.3 Å². The molecule has 4 amide bonds. The van der Waals surface area contributed by atoms with E-state index in [2.05, 4.69) is 20.9 Å². The molecular weight excluding hydrogens is 707 g/mol. The van der Waals surface area contributed by atoms with Crippen LogP contribution in [0.15, 0.2) is 60.8 Å². The summed E-state index contributed by atoms with van der Waals surface area (Å²) in [6, 6.07) is 12.2. The molecule has 0 spiro atoms. The molecule has 0 aliphatic carbocycles. The summed E-state index contributed by atoms with van der Waals surface area (Å²) in [7, 11) is 2.95. The predicted molar refractivity (Wildman–Crippen MR) is 201 cm³/mol. The highest BCUT2D eigenvalue weighted by molar-refractivity contribution is 8.77. The lowest BCUT2D eigenvalue weighted by Crippen LogP contribution is -2.57. The molecule has 4 rings (SSSR count). The molecule has 4 unspecified atom stereocenters. The zero-order chi connectivity index (χ0) is 38.0. The van der Waals surface area contributed by atoms with Gasteiger partial charge < -0.3 is 35.7 Å². The van der Waals surface area contributed by atoms with Gasteiger partial charge in [-0.1, -0.05) is 90.9 Å². The van der Waals surface area contributed by atoms with Crippen LogP contribution in [0.3, 0.4) is 0 Å². The minimum atomic E-state index is -1.36. The molecule has 1 aromatic heterocycles. The Morgan fingerprint density at radius 3 is 2.31 bits per heavy atom. The van der Waals surface area contributed by atoms with E-state index >= 15 is 0 Å². The maximum atomic E-state index is 14.3. The number of hydrogen-bond acceptors (Lipinski definition) is 9. The number of para-hydroxylation sites is 1. The zero-order valence-corrected chi connectivity index (χ0v) is 31.6. The molecule has 0 bridgehead atoms. The van der Waals surface area contributed by atoms with Crippen molar-refractivity contribution in [2.75, 3.05) is 12.3 Å². The first-order valence-electron chi connectivity index (χ1n) is 17.1. The van der Waals surface area contributed by atoms with Gasteiger partial charge in [0.15, 0.2) is 6.10 Å². The number of amides is 4. The van der Waals surface area contributed by atoms with Crippen molar-refractivity contribution in [1.29, 1.82) is 0 Å². The van der Waals surface area contributed by atoms with Crippen molar-refractivity contribution < 1.29 is 38.6 Å². The Labute approximate surface area is 311 Å². The number of carboxylic acid groups (broad SMARTS) is 1. The number of carbonyl (C=O) groups excluding carboxylic acids is 5. The Bertz CT molecular complexity index is 1740. The minimum absolute atomic E-state index is 0.00820. The molecule has 5 atom stereocenters. The highest BCUT2D eigenvalue weighted by Gasteiger charge is 2.41. The van der Waals surface area contributed by atoms with Crippen LogP contribution in [0.1, 0.15) is 58.6 Å². The Morgan fingerprint density at radius 2 is 1.63 bits per heavy atom. The fourth-order valence-electron chi connectivity index (χ4n) is 5.78. The third-order valence-electron chi connectivity index (χ3n) is 8.30. The van der Waals surface area contributed by atoms with E-state index in [1.165, 1.54) is 29.5 Å². The maximum Gasteiger partial charge on any atom is 0.329 e. The number of ether oxygens (including phenoxy) is 1. The Hall–Kier alpha value is -4.50. The van der Waals surface area contributed by atoms with Gasteiger partial charge >= 0.3 is 11.9 Å². The molecule has 2 aromatic carbocycles. The van der Waals surface area contributed by atoms with Crippen molar-refractivity contribution in [2.45, 2.75) is 95.3 Å². The summed E-state index contributed by atoms with van der Waals surface area (Å²) in [5, 5.41) is 18.2. The zero-order valence-electron chi connectivity index (χ0n) is 30.0. The lowest BCUT2D eigenvalue weighted by atomic mass is 10.0. The summed E-state index contributed by atoms with van der Waals surface area (Å²) in [5.41, 5.74) is 2.39. The summed E-state index contributed by atoms with van der Waals surface area (Å²) in [5.74, 6) is -4.10. The second kappa shape index (κ2) is 18.3. The highest BCUT2D eigenvalue weighted by Crippen LogP contribution is 2.36. The molecule has 0 radical (unpaired) electrons. The number of fused-ring (bicyclic) bond motifs is 1. The van der Waals surface area contributed by atoms with Crippen molar-refractivity contribution in [1.82, 2.24) is 25.8 Å². The number of nitrogens with one attached hydrogen (secondary N) is 4. The number of aromatic nitrogens is 1. The van der Waals surface area contributed by atoms with Gasteiger partial charge in [-0.3, -0.25) is 24.0 Å². The number of aliphatic carboxylic acids is 1. The average molecular weight is 754 g/mol. The van der Waals surface area contributed by atoms with Crippen molar-refractivity contribution in [3.63, 3.8) is 0 Å². The standard InChI is InChI=1S/C37H47N5O8S2/c1-22(35(47)48)39-33(45)31(18-24-12-7-6-8-13-24)50-36(49)30-16-11-17-42(30)34(46)29(21-51-52-37(3,4)5)41-32(44)28(40-23(2)43)19-25-20-38-27-15-10-9-14-26(25)27/h6-10,12-15,20,22,28-31,38H,11,16-19,21H2,1-5H3,(H,39,45)(H,40,43)(H,41,44)(H,47,48)/t22?,28?,29?,30-,31?/m0/s1. The average Bonchev–Trinajstić information content (AvgIpc) is 3.74. The topological polar surface area (TPSA) is 187 Å². The number of benzene rings is 2. The number of esters is 1. The fourth-order valence-corrected chi connectivity index (χ4v) is 8.24. The molecule has 0 saturated carbocycles. The molecule has 2 heterocycles. The Balaban J connectivity index is 1.54. The number of nitrogens with zero attached hydrogens (tertiary/aromatic N) is 1. The molecule has 15 heteroatoms. The molecule has 52 heavy (non-hydrogen) atoms. The van der Waals surface area contributed by atoms with Gasteiger partial charge in [0.1, 0.15) is 24.2 Å². The van der Waals surface area contributed by atoms with E-state index in [1.54, 1.807) is 47.3 Å². The molecule has 1 aliphatic heterocycles.